The Balaban J connectivity index is 1.38. The lowest BCUT2D eigenvalue weighted by Gasteiger charge is -2.30. The quantitative estimate of drug-likeness (QED) is 0.305. The third-order valence-electron chi connectivity index (χ3n) is 9.32. The van der Waals surface area contributed by atoms with Crippen LogP contribution < -0.4 is 16.2 Å². The van der Waals surface area contributed by atoms with Crippen molar-refractivity contribution < 1.29 is 29.0 Å². The third kappa shape index (κ3) is 7.35. The van der Waals surface area contributed by atoms with Crippen molar-refractivity contribution in [2.24, 2.45) is 5.92 Å². The van der Waals surface area contributed by atoms with E-state index in [4.69, 9.17) is 4.74 Å². The van der Waals surface area contributed by atoms with E-state index in [9.17, 15) is 29.1 Å². The molecule has 0 spiro atoms. The Morgan fingerprint density at radius 3 is 2.49 bits per heavy atom. The number of hydrogen-bond donors (Lipinski definition) is 3. The maximum absolute atomic E-state index is 14.4. The molecule has 260 valence electrons. The fourth-order valence-corrected chi connectivity index (χ4v) is 8.06. The van der Waals surface area contributed by atoms with Gasteiger partial charge in [-0.25, -0.2) is 14.3 Å². The molecular formula is C35H41N5O7S2. The van der Waals surface area contributed by atoms with E-state index in [1.54, 1.807) is 27.0 Å². The molecule has 3 aliphatic rings. The zero-order valence-corrected chi connectivity index (χ0v) is 29.4. The average Bonchev–Trinajstić information content (AvgIpc) is 3.56. The van der Waals surface area contributed by atoms with E-state index in [0.29, 0.717) is 24.0 Å². The van der Waals surface area contributed by atoms with Crippen molar-refractivity contribution in [2.45, 2.75) is 95.0 Å². The second-order valence-corrected chi connectivity index (χ2v) is 15.5. The van der Waals surface area contributed by atoms with E-state index in [-0.39, 0.29) is 30.9 Å². The van der Waals surface area contributed by atoms with Gasteiger partial charge in [-0.3, -0.25) is 14.4 Å². The minimum absolute atomic E-state index is 0.0285. The summed E-state index contributed by atoms with van der Waals surface area (Å²) in [5.74, 6) is -2.64. The van der Waals surface area contributed by atoms with Gasteiger partial charge in [-0.15, -0.1) is 0 Å². The predicted octanol–water partition coefficient (Wildman–Crippen LogP) is 5.22. The van der Waals surface area contributed by atoms with Crippen LogP contribution in [-0.2, 0) is 19.1 Å². The predicted molar refractivity (Wildman–Crippen MR) is 186 cm³/mol. The van der Waals surface area contributed by atoms with Crippen LogP contribution in [-0.4, -0.2) is 73.4 Å². The highest BCUT2D eigenvalue weighted by molar-refractivity contribution is 7.08. The Morgan fingerprint density at radius 1 is 1.08 bits per heavy atom. The summed E-state index contributed by atoms with van der Waals surface area (Å²) in [6.45, 7) is 5.14. The summed E-state index contributed by atoms with van der Waals surface area (Å²) < 4.78 is 6.81. The number of carbonyl (C=O) groups is 4. The third-order valence-corrected chi connectivity index (χ3v) is 10.7. The molecule has 1 aliphatic carbocycles. The number of fused-ring (bicyclic) bond motifs is 2. The standard InChI is InChI=1S/C35H41N5O7S2/c1-34(2,3)47-33(46)37-26-10-8-6-4-5-7-9-23-16-35(23,32(44)45)38-29(41)27-15-24(18-39(27)30(26)42)40-31(43)28(22-12-14-49-20-22)25(17-36-40)21-11-13-48-19-21/h7,9,11-14,17,19-20,23-24,26-27H,4-6,8,10,15-16,18H2,1-3H3,(H,37,46)(H,38,41)(H,44,45)/b9-7-/t23-,24+,26-,27-,35+/m0/s1. The summed E-state index contributed by atoms with van der Waals surface area (Å²) >= 11 is 2.97. The van der Waals surface area contributed by atoms with E-state index >= 15 is 0 Å². The van der Waals surface area contributed by atoms with Gasteiger partial charge in [0.15, 0.2) is 0 Å². The lowest BCUT2D eigenvalue weighted by atomic mass is 10.0. The first-order chi connectivity index (χ1) is 23.4. The Labute approximate surface area is 292 Å². The number of nitrogens with one attached hydrogen (secondary N) is 2. The molecule has 2 fully saturated rings. The van der Waals surface area contributed by atoms with Crippen molar-refractivity contribution in [3.8, 4) is 22.3 Å². The van der Waals surface area contributed by atoms with Crippen molar-refractivity contribution in [2.75, 3.05) is 6.54 Å². The summed E-state index contributed by atoms with van der Waals surface area (Å²) in [6, 6.07) is 0.988. The molecule has 49 heavy (non-hydrogen) atoms. The number of carboxylic acids is 1. The lowest BCUT2D eigenvalue weighted by molar-refractivity contribution is -0.145. The van der Waals surface area contributed by atoms with Crippen LogP contribution in [0.1, 0.15) is 71.8 Å². The van der Waals surface area contributed by atoms with Gasteiger partial charge in [-0.2, -0.15) is 27.8 Å². The summed E-state index contributed by atoms with van der Waals surface area (Å²) in [4.78, 5) is 69.5. The van der Waals surface area contributed by atoms with Gasteiger partial charge in [-0.1, -0.05) is 25.0 Å². The molecule has 3 aromatic heterocycles. The number of aliphatic carboxylic acids is 1. The molecule has 0 unspecified atom stereocenters. The van der Waals surface area contributed by atoms with Crippen molar-refractivity contribution in [1.82, 2.24) is 25.3 Å². The molecule has 2 aliphatic heterocycles. The molecule has 6 rings (SSSR count). The molecule has 3 N–H and O–H groups in total. The Bertz CT molecular complexity index is 1800. The van der Waals surface area contributed by atoms with Gasteiger partial charge in [-0.05, 0) is 91.2 Å². The number of thiophene rings is 2. The van der Waals surface area contributed by atoms with Crippen molar-refractivity contribution in [3.63, 3.8) is 0 Å². The number of alkyl carbamates (subject to hydrolysis) is 1. The van der Waals surface area contributed by atoms with E-state index in [2.05, 4.69) is 15.7 Å². The minimum atomic E-state index is -1.47. The van der Waals surface area contributed by atoms with Crippen LogP contribution in [0.25, 0.3) is 22.3 Å². The number of carbonyl (C=O) groups excluding carboxylic acids is 3. The molecular weight excluding hydrogens is 667 g/mol. The number of allylic oxidation sites excluding steroid dienone is 1. The monoisotopic (exact) mass is 707 g/mol. The molecule has 0 aromatic carbocycles. The summed E-state index contributed by atoms with van der Waals surface area (Å²) in [5.41, 5.74) is 0.122. The van der Waals surface area contributed by atoms with E-state index in [1.165, 1.54) is 32.3 Å². The fraction of sp³-hybridized carbons (Fsp3) is 0.486. The fourth-order valence-electron chi connectivity index (χ4n) is 6.75. The second-order valence-electron chi connectivity index (χ2n) is 13.9. The molecule has 14 heteroatoms. The van der Waals surface area contributed by atoms with Gasteiger partial charge in [0.05, 0.1) is 17.8 Å². The van der Waals surface area contributed by atoms with Crippen LogP contribution in [0, 0.1) is 5.92 Å². The zero-order chi connectivity index (χ0) is 34.9. The van der Waals surface area contributed by atoms with E-state index < -0.39 is 53.1 Å². The first kappa shape index (κ1) is 34.6. The molecule has 1 saturated carbocycles. The molecule has 3 aromatic rings. The Kier molecular flexibility index (Phi) is 9.81. The summed E-state index contributed by atoms with van der Waals surface area (Å²) in [7, 11) is 0. The van der Waals surface area contributed by atoms with Crippen LogP contribution in [0.3, 0.4) is 0 Å². The molecule has 5 atom stereocenters. The number of amides is 3. The number of nitrogens with zero attached hydrogens (tertiary/aromatic N) is 3. The Morgan fingerprint density at radius 2 is 1.82 bits per heavy atom. The molecule has 1 saturated heterocycles. The average molecular weight is 708 g/mol. The number of rotatable bonds is 5. The van der Waals surface area contributed by atoms with Crippen molar-refractivity contribution in [1.29, 1.82) is 0 Å². The largest absolute Gasteiger partial charge is 0.479 e. The number of aromatic nitrogens is 2. The van der Waals surface area contributed by atoms with Crippen LogP contribution in [0.5, 0.6) is 0 Å². The first-order valence-electron chi connectivity index (χ1n) is 16.6. The number of carboxylic acid groups (broad SMARTS) is 1. The van der Waals surface area contributed by atoms with Gasteiger partial charge in [0.1, 0.15) is 23.2 Å². The van der Waals surface area contributed by atoms with Gasteiger partial charge < -0.3 is 25.4 Å². The summed E-state index contributed by atoms with van der Waals surface area (Å²) in [5, 5.41) is 27.9. The van der Waals surface area contributed by atoms with Gasteiger partial charge in [0.2, 0.25) is 11.8 Å². The second kappa shape index (κ2) is 13.9. The maximum atomic E-state index is 14.4. The normalized spacial score (nSPS) is 26.8. The SMILES string of the molecule is CC(C)(C)OC(=O)N[C@H]1CCCCC/C=C\[C@H]2C[C@@]2(C(=O)O)NC(=O)[C@@H]2C[C@@H](n3ncc(-c4ccsc4)c(-c4ccsc4)c3=O)CN2C1=O. The van der Waals surface area contributed by atoms with Crippen molar-refractivity contribution in [3.05, 3.63) is 62.4 Å². The van der Waals surface area contributed by atoms with Crippen LogP contribution in [0.15, 0.2) is 56.8 Å². The highest BCUT2D eigenvalue weighted by Gasteiger charge is 2.61. The highest BCUT2D eigenvalue weighted by atomic mass is 32.1. The zero-order valence-electron chi connectivity index (χ0n) is 27.7. The Hall–Kier alpha value is -4.30. The summed E-state index contributed by atoms with van der Waals surface area (Å²) in [6.07, 6.45) is 8.24. The molecule has 0 radical (unpaired) electrons. The molecule has 0 bridgehead atoms. The minimum Gasteiger partial charge on any atom is -0.479 e. The van der Waals surface area contributed by atoms with Gasteiger partial charge >= 0.3 is 12.1 Å². The maximum Gasteiger partial charge on any atom is 0.408 e. The lowest BCUT2D eigenvalue weighted by Crippen LogP contribution is -2.56. The van der Waals surface area contributed by atoms with Gasteiger partial charge in [0.25, 0.3) is 5.56 Å². The first-order valence-corrected chi connectivity index (χ1v) is 18.5. The number of hydrogen-bond acceptors (Lipinski definition) is 9. The van der Waals surface area contributed by atoms with Crippen LogP contribution in [0.4, 0.5) is 4.79 Å². The molecule has 3 amide bonds. The molecule has 12 nitrogen and oxygen atoms in total. The number of ether oxygens (including phenoxy) is 1. The highest BCUT2D eigenvalue weighted by Crippen LogP contribution is 2.45. The van der Waals surface area contributed by atoms with Crippen LogP contribution in [0.2, 0.25) is 0 Å². The smallest absolute Gasteiger partial charge is 0.408 e. The molecule has 5 heterocycles. The van der Waals surface area contributed by atoms with Crippen LogP contribution >= 0.6 is 22.7 Å². The van der Waals surface area contributed by atoms with E-state index in [0.717, 1.165) is 30.4 Å². The van der Waals surface area contributed by atoms with E-state index in [1.807, 2.05) is 45.8 Å². The van der Waals surface area contributed by atoms with Crippen molar-refractivity contribution >= 4 is 46.6 Å². The van der Waals surface area contributed by atoms with Gasteiger partial charge in [0, 0.05) is 24.4 Å². The topological polar surface area (TPSA) is 160 Å².